The summed E-state index contributed by atoms with van der Waals surface area (Å²) in [5, 5.41) is 2.58. The third-order valence-electron chi connectivity index (χ3n) is 1.78. The Kier molecular flexibility index (Phi) is 7.07. The Hall–Kier alpha value is -0.180. The molecule has 1 amide bonds. The van der Waals surface area contributed by atoms with E-state index in [0.29, 0.717) is 0 Å². The number of halogens is 3. The number of amides is 1. The number of nitrogens with one attached hydrogen (secondary N) is 1. The van der Waals surface area contributed by atoms with Crippen LogP contribution in [0.3, 0.4) is 0 Å². The Labute approximate surface area is 105 Å². The predicted molar refractivity (Wildman–Crippen MR) is 66.5 cm³/mol. The SMILES string of the molecule is C=CCCC[C@H](C=C)NC(=O)C(Cl)(Cl)Cl. The van der Waals surface area contributed by atoms with Gasteiger partial charge in [-0.2, -0.15) is 0 Å². The van der Waals surface area contributed by atoms with Gasteiger partial charge in [-0.05, 0) is 19.3 Å². The average molecular weight is 271 g/mol. The molecule has 0 fully saturated rings. The number of unbranched alkanes of at least 4 members (excludes halogenated alkanes) is 1. The van der Waals surface area contributed by atoms with Crippen molar-refractivity contribution in [2.75, 3.05) is 0 Å². The molecular weight excluding hydrogens is 256 g/mol. The van der Waals surface area contributed by atoms with Crippen molar-refractivity contribution in [1.82, 2.24) is 5.32 Å². The smallest absolute Gasteiger partial charge is 0.272 e. The van der Waals surface area contributed by atoms with Crippen molar-refractivity contribution in [2.45, 2.75) is 29.1 Å². The van der Waals surface area contributed by atoms with Crippen LogP contribution in [0.25, 0.3) is 0 Å². The summed E-state index contributed by atoms with van der Waals surface area (Å²) in [4.78, 5) is 11.3. The molecule has 1 atom stereocenters. The molecule has 0 spiro atoms. The summed E-state index contributed by atoms with van der Waals surface area (Å²) in [5.74, 6) is -0.629. The van der Waals surface area contributed by atoms with Crippen LogP contribution in [0.15, 0.2) is 25.3 Å². The molecule has 0 bridgehead atoms. The highest BCUT2D eigenvalue weighted by Gasteiger charge is 2.31. The fraction of sp³-hybridized carbons (Fsp3) is 0.500. The lowest BCUT2D eigenvalue weighted by Crippen LogP contribution is -2.40. The molecule has 0 aromatic heterocycles. The maximum atomic E-state index is 11.3. The third-order valence-corrected chi connectivity index (χ3v) is 2.30. The quantitative estimate of drug-likeness (QED) is 0.447. The van der Waals surface area contributed by atoms with Crippen molar-refractivity contribution in [3.63, 3.8) is 0 Å². The van der Waals surface area contributed by atoms with E-state index in [1.54, 1.807) is 6.08 Å². The fourth-order valence-electron chi connectivity index (χ4n) is 0.981. The van der Waals surface area contributed by atoms with Crippen LogP contribution in [-0.2, 0) is 4.79 Å². The van der Waals surface area contributed by atoms with E-state index in [2.05, 4.69) is 18.5 Å². The zero-order valence-electron chi connectivity index (χ0n) is 8.31. The average Bonchev–Trinajstić information content (AvgIpc) is 2.14. The zero-order chi connectivity index (χ0) is 11.9. The van der Waals surface area contributed by atoms with Gasteiger partial charge in [-0.3, -0.25) is 4.79 Å². The van der Waals surface area contributed by atoms with E-state index < -0.39 is 9.70 Å². The minimum Gasteiger partial charge on any atom is -0.346 e. The standard InChI is InChI=1S/C10H14Cl3NO/c1-3-5-6-7-8(4-2)14-9(15)10(11,12)13/h3-4,8H,1-2,5-7H2,(H,14,15)/t8-/m0/s1. The molecule has 0 aliphatic heterocycles. The van der Waals surface area contributed by atoms with Crippen molar-refractivity contribution in [2.24, 2.45) is 0 Å². The monoisotopic (exact) mass is 269 g/mol. The number of carbonyl (C=O) groups excluding carboxylic acids is 1. The first-order valence-electron chi connectivity index (χ1n) is 4.53. The highest BCUT2D eigenvalue weighted by molar-refractivity contribution is 6.76. The maximum Gasteiger partial charge on any atom is 0.272 e. The summed E-state index contributed by atoms with van der Waals surface area (Å²) in [6.45, 7) is 7.21. The predicted octanol–water partition coefficient (Wildman–Crippen LogP) is 3.38. The van der Waals surface area contributed by atoms with Gasteiger partial charge in [-0.1, -0.05) is 47.0 Å². The lowest BCUT2D eigenvalue weighted by atomic mass is 10.1. The molecule has 5 heteroatoms. The first-order chi connectivity index (χ1) is 6.91. The first kappa shape index (κ1) is 14.8. The summed E-state index contributed by atoms with van der Waals surface area (Å²) < 4.78 is -1.92. The molecule has 0 aromatic rings. The second kappa shape index (κ2) is 7.15. The van der Waals surface area contributed by atoms with Crippen LogP contribution in [0.5, 0.6) is 0 Å². The van der Waals surface area contributed by atoms with Crippen molar-refractivity contribution in [1.29, 1.82) is 0 Å². The van der Waals surface area contributed by atoms with Crippen LogP contribution >= 0.6 is 34.8 Å². The van der Waals surface area contributed by atoms with Crippen molar-refractivity contribution in [3.05, 3.63) is 25.3 Å². The number of carbonyl (C=O) groups is 1. The summed E-state index contributed by atoms with van der Waals surface area (Å²) >= 11 is 16.2. The molecule has 0 rings (SSSR count). The molecule has 0 saturated carbocycles. The van der Waals surface area contributed by atoms with E-state index in [4.69, 9.17) is 34.8 Å². The van der Waals surface area contributed by atoms with Crippen LogP contribution in [0.1, 0.15) is 19.3 Å². The van der Waals surface area contributed by atoms with E-state index in [0.717, 1.165) is 19.3 Å². The van der Waals surface area contributed by atoms with Gasteiger partial charge in [0, 0.05) is 6.04 Å². The number of hydrogen-bond donors (Lipinski definition) is 1. The Morgan fingerprint density at radius 2 is 2.00 bits per heavy atom. The molecule has 15 heavy (non-hydrogen) atoms. The van der Waals surface area contributed by atoms with Crippen LogP contribution in [0.4, 0.5) is 0 Å². The summed E-state index contributed by atoms with van der Waals surface area (Å²) in [6, 6.07) is -0.173. The van der Waals surface area contributed by atoms with Crippen molar-refractivity contribution >= 4 is 40.7 Å². The van der Waals surface area contributed by atoms with Gasteiger partial charge in [-0.25, -0.2) is 0 Å². The molecule has 86 valence electrons. The van der Waals surface area contributed by atoms with Gasteiger partial charge in [0.05, 0.1) is 0 Å². The number of rotatable bonds is 6. The minimum absolute atomic E-state index is 0.173. The lowest BCUT2D eigenvalue weighted by Gasteiger charge is -2.17. The van der Waals surface area contributed by atoms with E-state index in [1.807, 2.05) is 6.08 Å². The van der Waals surface area contributed by atoms with Crippen molar-refractivity contribution < 1.29 is 4.79 Å². The number of hydrogen-bond acceptors (Lipinski definition) is 1. The van der Waals surface area contributed by atoms with Crippen LogP contribution in [0, 0.1) is 0 Å². The van der Waals surface area contributed by atoms with Gasteiger partial charge >= 0.3 is 0 Å². The van der Waals surface area contributed by atoms with Gasteiger partial charge in [0.15, 0.2) is 0 Å². The molecule has 0 aliphatic rings. The number of alkyl halides is 3. The highest BCUT2D eigenvalue weighted by atomic mass is 35.6. The Morgan fingerprint density at radius 3 is 2.40 bits per heavy atom. The van der Waals surface area contributed by atoms with Gasteiger partial charge in [0.25, 0.3) is 9.70 Å². The summed E-state index contributed by atoms with van der Waals surface area (Å²) in [7, 11) is 0. The maximum absolute atomic E-state index is 11.3. The molecule has 0 radical (unpaired) electrons. The van der Waals surface area contributed by atoms with Crippen LogP contribution in [-0.4, -0.2) is 15.7 Å². The lowest BCUT2D eigenvalue weighted by molar-refractivity contribution is -0.120. The van der Waals surface area contributed by atoms with Gasteiger partial charge in [-0.15, -0.1) is 13.2 Å². The summed E-state index contributed by atoms with van der Waals surface area (Å²) in [5.41, 5.74) is 0. The Morgan fingerprint density at radius 1 is 1.40 bits per heavy atom. The number of allylic oxidation sites excluding steroid dienone is 1. The summed E-state index contributed by atoms with van der Waals surface area (Å²) in [6.07, 6.45) is 5.98. The first-order valence-corrected chi connectivity index (χ1v) is 5.66. The van der Waals surface area contributed by atoms with Gasteiger partial charge in [0.2, 0.25) is 0 Å². The molecule has 0 aromatic carbocycles. The fourth-order valence-corrected chi connectivity index (χ4v) is 1.14. The van der Waals surface area contributed by atoms with Crippen LogP contribution in [0.2, 0.25) is 0 Å². The zero-order valence-corrected chi connectivity index (χ0v) is 10.6. The molecular formula is C10H14Cl3NO. The molecule has 0 unspecified atom stereocenters. The molecule has 0 heterocycles. The van der Waals surface area contributed by atoms with Crippen LogP contribution < -0.4 is 5.32 Å². The van der Waals surface area contributed by atoms with E-state index in [1.165, 1.54) is 0 Å². The highest BCUT2D eigenvalue weighted by Crippen LogP contribution is 2.26. The minimum atomic E-state index is -1.92. The topological polar surface area (TPSA) is 29.1 Å². The molecule has 1 N–H and O–H groups in total. The Bertz CT molecular complexity index is 235. The van der Waals surface area contributed by atoms with Gasteiger partial charge in [0.1, 0.15) is 0 Å². The molecule has 0 aliphatic carbocycles. The largest absolute Gasteiger partial charge is 0.346 e. The molecule has 2 nitrogen and oxygen atoms in total. The Balaban J connectivity index is 4.04. The second-order valence-corrected chi connectivity index (χ2v) is 5.31. The van der Waals surface area contributed by atoms with Crippen molar-refractivity contribution in [3.8, 4) is 0 Å². The molecule has 0 saturated heterocycles. The third kappa shape index (κ3) is 6.82. The van der Waals surface area contributed by atoms with E-state index in [9.17, 15) is 4.79 Å². The van der Waals surface area contributed by atoms with Gasteiger partial charge < -0.3 is 5.32 Å². The van der Waals surface area contributed by atoms with E-state index >= 15 is 0 Å². The second-order valence-electron chi connectivity index (χ2n) is 3.03. The normalized spacial score (nSPS) is 13.0. The van der Waals surface area contributed by atoms with E-state index in [-0.39, 0.29) is 6.04 Å².